The average Bonchev–Trinajstić information content (AvgIpc) is 3.48. The van der Waals surface area contributed by atoms with Gasteiger partial charge in [0.1, 0.15) is 11.9 Å². The molecule has 1 N–H and O–H groups in total. The van der Waals surface area contributed by atoms with E-state index in [1.165, 1.54) is 19.2 Å². The number of hydrogen-bond acceptors (Lipinski definition) is 6. The maximum absolute atomic E-state index is 13.6. The Labute approximate surface area is 231 Å². The zero-order valence-electron chi connectivity index (χ0n) is 21.7. The molecule has 1 amide bonds. The summed E-state index contributed by atoms with van der Waals surface area (Å²) in [6, 6.07) is 14.8. The molecule has 200 valence electrons. The van der Waals surface area contributed by atoms with E-state index in [0.29, 0.717) is 29.8 Å². The van der Waals surface area contributed by atoms with Crippen molar-refractivity contribution in [3.05, 3.63) is 108 Å². The van der Waals surface area contributed by atoms with Gasteiger partial charge >= 0.3 is 5.97 Å². The molecule has 0 aliphatic heterocycles. The molecular weight excluding hydrogens is 515 g/mol. The average molecular weight is 545 g/mol. The van der Waals surface area contributed by atoms with Gasteiger partial charge in [-0.1, -0.05) is 24.3 Å². The molecule has 0 saturated carbocycles. The van der Waals surface area contributed by atoms with Crippen LogP contribution in [0.25, 0.3) is 22.8 Å². The van der Waals surface area contributed by atoms with Crippen LogP contribution in [-0.4, -0.2) is 51.6 Å². The van der Waals surface area contributed by atoms with Crippen LogP contribution in [0.15, 0.2) is 85.7 Å². The lowest BCUT2D eigenvalue weighted by molar-refractivity contribution is -0.142. The fourth-order valence-electron chi connectivity index (χ4n) is 4.14. The van der Waals surface area contributed by atoms with Gasteiger partial charge in [0.15, 0.2) is 0 Å². The highest BCUT2D eigenvalue weighted by molar-refractivity contribution is 7.98. The van der Waals surface area contributed by atoms with Gasteiger partial charge in [-0.05, 0) is 77.1 Å². The molecule has 0 fully saturated rings. The summed E-state index contributed by atoms with van der Waals surface area (Å²) in [4.78, 5) is 34.1. The van der Waals surface area contributed by atoms with Gasteiger partial charge in [-0.25, -0.2) is 14.2 Å². The van der Waals surface area contributed by atoms with Gasteiger partial charge in [-0.3, -0.25) is 9.78 Å². The summed E-state index contributed by atoms with van der Waals surface area (Å²) in [6.07, 6.45) is 13.1. The highest BCUT2D eigenvalue weighted by atomic mass is 32.2. The molecule has 0 saturated heterocycles. The van der Waals surface area contributed by atoms with Crippen molar-refractivity contribution in [2.75, 3.05) is 19.1 Å². The SMILES string of the molecule is COC(=O)C(CCSC)NC(=O)c1ccc(C=C(Cn2ccnc2)c2ccc(F)cc2)cc1-c1cccnc1. The fraction of sp³-hybridized carbons (Fsp3) is 0.200. The first-order valence-corrected chi connectivity index (χ1v) is 13.7. The lowest BCUT2D eigenvalue weighted by Gasteiger charge is -2.18. The van der Waals surface area contributed by atoms with E-state index in [1.807, 2.05) is 41.3 Å². The molecule has 0 aliphatic rings. The minimum atomic E-state index is -0.753. The molecule has 1 unspecified atom stereocenters. The molecule has 2 aromatic heterocycles. The van der Waals surface area contributed by atoms with E-state index in [-0.39, 0.29) is 11.7 Å². The Morgan fingerprint density at radius 1 is 1.13 bits per heavy atom. The number of ether oxygens (including phenoxy) is 1. The van der Waals surface area contributed by atoms with Crippen molar-refractivity contribution in [1.29, 1.82) is 0 Å². The zero-order chi connectivity index (χ0) is 27.6. The second kappa shape index (κ2) is 13.5. The van der Waals surface area contributed by atoms with Crippen molar-refractivity contribution in [2.24, 2.45) is 0 Å². The number of hydrogen-bond donors (Lipinski definition) is 1. The molecule has 0 radical (unpaired) electrons. The largest absolute Gasteiger partial charge is 0.467 e. The van der Waals surface area contributed by atoms with Crippen molar-refractivity contribution in [3.8, 4) is 11.1 Å². The van der Waals surface area contributed by atoms with Crippen molar-refractivity contribution >= 4 is 35.3 Å². The number of amides is 1. The number of aromatic nitrogens is 3. The van der Waals surface area contributed by atoms with E-state index >= 15 is 0 Å². The van der Waals surface area contributed by atoms with E-state index in [9.17, 15) is 14.0 Å². The zero-order valence-corrected chi connectivity index (χ0v) is 22.5. The lowest BCUT2D eigenvalue weighted by atomic mass is 9.95. The topological polar surface area (TPSA) is 86.1 Å². The minimum Gasteiger partial charge on any atom is -0.467 e. The number of methoxy groups -OCH3 is 1. The van der Waals surface area contributed by atoms with Crippen LogP contribution in [0.1, 0.15) is 27.9 Å². The van der Waals surface area contributed by atoms with Crippen LogP contribution in [-0.2, 0) is 16.1 Å². The number of rotatable bonds is 11. The lowest BCUT2D eigenvalue weighted by Crippen LogP contribution is -2.42. The van der Waals surface area contributed by atoms with Crippen LogP contribution in [0.5, 0.6) is 0 Å². The molecule has 0 bridgehead atoms. The minimum absolute atomic E-state index is 0.308. The molecule has 39 heavy (non-hydrogen) atoms. The van der Waals surface area contributed by atoms with Crippen LogP contribution >= 0.6 is 11.8 Å². The van der Waals surface area contributed by atoms with Gasteiger partial charge in [0.2, 0.25) is 0 Å². The van der Waals surface area contributed by atoms with Crippen molar-refractivity contribution in [3.63, 3.8) is 0 Å². The fourth-order valence-corrected chi connectivity index (χ4v) is 4.61. The summed E-state index contributed by atoms with van der Waals surface area (Å²) in [7, 11) is 1.31. The quantitative estimate of drug-likeness (QED) is 0.202. The van der Waals surface area contributed by atoms with Gasteiger partial charge in [0, 0.05) is 42.5 Å². The summed E-state index contributed by atoms with van der Waals surface area (Å²) < 4.78 is 20.5. The van der Waals surface area contributed by atoms with Gasteiger partial charge in [0.25, 0.3) is 5.91 Å². The van der Waals surface area contributed by atoms with Gasteiger partial charge in [0.05, 0.1) is 13.4 Å². The number of carbonyl (C=O) groups excluding carboxylic acids is 2. The van der Waals surface area contributed by atoms with Crippen molar-refractivity contribution in [1.82, 2.24) is 19.9 Å². The van der Waals surface area contributed by atoms with Gasteiger partial charge in [-0.2, -0.15) is 11.8 Å². The predicted octanol–water partition coefficient (Wildman–Crippen LogP) is 5.35. The Bertz CT molecular complexity index is 1420. The van der Waals surface area contributed by atoms with Crippen molar-refractivity contribution < 1.29 is 18.7 Å². The number of imidazole rings is 1. The van der Waals surface area contributed by atoms with E-state index in [4.69, 9.17) is 4.74 Å². The number of carbonyl (C=O) groups is 2. The number of thioether (sulfide) groups is 1. The molecule has 1 atom stereocenters. The van der Waals surface area contributed by atoms with Crippen molar-refractivity contribution in [2.45, 2.75) is 19.0 Å². The van der Waals surface area contributed by atoms with Gasteiger partial charge < -0.3 is 14.6 Å². The number of nitrogens with zero attached hydrogens (tertiary/aromatic N) is 3. The third-order valence-electron chi connectivity index (χ3n) is 6.13. The Morgan fingerprint density at radius 3 is 2.62 bits per heavy atom. The molecule has 0 aliphatic carbocycles. The normalized spacial score (nSPS) is 12.1. The molecular formula is C30H29FN4O3S. The smallest absolute Gasteiger partial charge is 0.328 e. The Morgan fingerprint density at radius 2 is 1.95 bits per heavy atom. The van der Waals surface area contributed by atoms with Crippen LogP contribution in [0, 0.1) is 5.82 Å². The number of halogens is 1. The molecule has 2 heterocycles. The molecule has 7 nitrogen and oxygen atoms in total. The first-order chi connectivity index (χ1) is 19.0. The predicted molar refractivity (Wildman–Crippen MR) is 152 cm³/mol. The number of pyridine rings is 1. The second-order valence-electron chi connectivity index (χ2n) is 8.79. The molecule has 4 rings (SSSR count). The number of allylic oxidation sites excluding steroid dienone is 1. The highest BCUT2D eigenvalue weighted by Crippen LogP contribution is 2.28. The summed E-state index contributed by atoms with van der Waals surface area (Å²) in [5.74, 6) is -0.471. The van der Waals surface area contributed by atoms with Crippen LogP contribution in [0.2, 0.25) is 0 Å². The summed E-state index contributed by atoms with van der Waals surface area (Å²) >= 11 is 1.59. The monoisotopic (exact) mass is 544 g/mol. The van der Waals surface area contributed by atoms with E-state index in [1.54, 1.807) is 60.9 Å². The van der Waals surface area contributed by atoms with E-state index < -0.39 is 12.0 Å². The Kier molecular flexibility index (Phi) is 9.64. The third-order valence-corrected chi connectivity index (χ3v) is 6.77. The first kappa shape index (κ1) is 27.8. The maximum atomic E-state index is 13.6. The Hall–Kier alpha value is -4.24. The Balaban J connectivity index is 1.74. The highest BCUT2D eigenvalue weighted by Gasteiger charge is 2.23. The van der Waals surface area contributed by atoms with Crippen LogP contribution in [0.3, 0.4) is 0 Å². The van der Waals surface area contributed by atoms with E-state index in [0.717, 1.165) is 22.3 Å². The first-order valence-electron chi connectivity index (χ1n) is 12.3. The van der Waals surface area contributed by atoms with Crippen LogP contribution < -0.4 is 5.32 Å². The molecule has 0 spiro atoms. The molecule has 4 aromatic rings. The maximum Gasteiger partial charge on any atom is 0.328 e. The molecule has 2 aromatic carbocycles. The summed E-state index contributed by atoms with van der Waals surface area (Å²) in [6.45, 7) is 0.520. The standard InChI is InChI=1S/C30H29FN4O3S/c1-38-30(37)28(11-15-39-2)34-29(36)26-10-5-21(17-27(26)23-4-3-12-32-18-23)16-24(19-35-14-13-33-20-35)22-6-8-25(31)9-7-22/h3-10,12-14,16-18,20,28H,11,15,19H2,1-2H3,(H,34,36). The molecule has 9 heteroatoms. The summed E-state index contributed by atoms with van der Waals surface area (Å²) in [5.41, 5.74) is 4.49. The summed E-state index contributed by atoms with van der Waals surface area (Å²) in [5, 5.41) is 2.84. The van der Waals surface area contributed by atoms with Crippen LogP contribution in [0.4, 0.5) is 4.39 Å². The van der Waals surface area contributed by atoms with Gasteiger partial charge in [-0.15, -0.1) is 0 Å². The third kappa shape index (κ3) is 7.42. The van der Waals surface area contributed by atoms with E-state index in [2.05, 4.69) is 15.3 Å². The number of nitrogens with one attached hydrogen (secondary N) is 1. The number of esters is 1. The number of benzene rings is 2. The second-order valence-corrected chi connectivity index (χ2v) is 9.77.